The van der Waals surface area contributed by atoms with Crippen molar-refractivity contribution in [3.8, 4) is 34.8 Å². The van der Waals surface area contributed by atoms with Gasteiger partial charge < -0.3 is 10.2 Å². The lowest BCUT2D eigenvalue weighted by Crippen LogP contribution is -2.03. The Bertz CT molecular complexity index is 1650. The summed E-state index contributed by atoms with van der Waals surface area (Å²) in [4.78, 5) is -0.784. The van der Waals surface area contributed by atoms with Gasteiger partial charge in [-0.3, -0.25) is 0 Å². The van der Waals surface area contributed by atoms with Crippen LogP contribution in [0.3, 0.4) is 0 Å². The molecule has 0 atom stereocenters. The van der Waals surface area contributed by atoms with Gasteiger partial charge in [-0.2, -0.15) is 10.5 Å². The minimum atomic E-state index is -4.04. The maximum Gasteiger partial charge on any atom is 0.210 e. The zero-order chi connectivity index (χ0) is 26.1. The first-order chi connectivity index (χ1) is 17.1. The van der Waals surface area contributed by atoms with Crippen LogP contribution in [0.15, 0.2) is 105 Å². The fourth-order valence-electron chi connectivity index (χ4n) is 3.54. The van der Waals surface area contributed by atoms with Crippen LogP contribution in [0.4, 0.5) is 0 Å². The molecule has 4 aromatic carbocycles. The summed E-state index contributed by atoms with van der Waals surface area (Å²) in [6, 6.07) is 22.4. The Morgan fingerprint density at radius 1 is 0.528 bits per heavy atom. The average Bonchev–Trinajstić information content (AvgIpc) is 2.88. The van der Waals surface area contributed by atoms with Gasteiger partial charge in [0.2, 0.25) is 19.7 Å². The van der Waals surface area contributed by atoms with Gasteiger partial charge in [0.15, 0.2) is 0 Å². The molecule has 4 rings (SSSR count). The van der Waals surface area contributed by atoms with Crippen LogP contribution in [0.5, 0.6) is 11.5 Å². The highest BCUT2D eigenvalue weighted by Crippen LogP contribution is 2.33. The van der Waals surface area contributed by atoms with Crippen molar-refractivity contribution in [1.29, 1.82) is 10.5 Å². The first-order valence-corrected chi connectivity index (χ1v) is 13.2. The summed E-state index contributed by atoms with van der Waals surface area (Å²) in [6.07, 6.45) is 0. The van der Waals surface area contributed by atoms with Crippen LogP contribution in [0, 0.1) is 22.7 Å². The second kappa shape index (κ2) is 9.19. The lowest BCUT2D eigenvalue weighted by atomic mass is 10.1. The third-order valence-electron chi connectivity index (χ3n) is 5.42. The van der Waals surface area contributed by atoms with Gasteiger partial charge >= 0.3 is 0 Å². The van der Waals surface area contributed by atoms with Crippen LogP contribution in [-0.2, 0) is 19.7 Å². The Morgan fingerprint density at radius 3 is 1.14 bits per heavy atom. The van der Waals surface area contributed by atoms with Crippen molar-refractivity contribution >= 4 is 19.7 Å². The highest BCUT2D eigenvalue weighted by Gasteiger charge is 2.23. The molecule has 10 heteroatoms. The maximum absolute atomic E-state index is 12.9. The highest BCUT2D eigenvalue weighted by atomic mass is 32.2. The smallest absolute Gasteiger partial charge is 0.210 e. The quantitative estimate of drug-likeness (QED) is 0.400. The Hall–Kier alpha value is -4.64. The summed E-state index contributed by atoms with van der Waals surface area (Å²) >= 11 is 0. The van der Waals surface area contributed by atoms with Gasteiger partial charge in [-0.1, -0.05) is 24.3 Å². The molecule has 0 bridgehead atoms. The molecule has 36 heavy (non-hydrogen) atoms. The van der Waals surface area contributed by atoms with Crippen LogP contribution in [0.1, 0.15) is 11.1 Å². The summed E-state index contributed by atoms with van der Waals surface area (Å²) in [6.45, 7) is 0. The second-order valence-corrected chi connectivity index (χ2v) is 11.5. The van der Waals surface area contributed by atoms with Crippen LogP contribution in [0.25, 0.3) is 11.1 Å². The number of phenolic OH excluding ortho intramolecular Hbond substituents is 2. The summed E-state index contributed by atoms with van der Waals surface area (Å²) in [5, 5.41) is 37.9. The SMILES string of the molecule is N#Cc1ccc(S(=O)(=O)c2ccc(-c3ccc(S(=O)(=O)c4ccc(C#N)cc4O)cc3)cc2)c(O)c1. The van der Waals surface area contributed by atoms with Crippen molar-refractivity contribution in [2.45, 2.75) is 19.6 Å². The number of nitriles is 2. The van der Waals surface area contributed by atoms with E-state index in [1.165, 1.54) is 48.5 Å². The van der Waals surface area contributed by atoms with Crippen molar-refractivity contribution in [3.05, 3.63) is 96.1 Å². The largest absolute Gasteiger partial charge is 0.507 e. The van der Waals surface area contributed by atoms with Crippen molar-refractivity contribution < 1.29 is 27.0 Å². The number of nitrogens with zero attached hydrogens (tertiary/aromatic N) is 2. The minimum absolute atomic E-state index is 0.0678. The third-order valence-corrected chi connectivity index (χ3v) is 9.05. The van der Waals surface area contributed by atoms with E-state index in [1.807, 2.05) is 12.1 Å². The molecule has 8 nitrogen and oxygen atoms in total. The van der Waals surface area contributed by atoms with E-state index in [9.17, 15) is 27.0 Å². The van der Waals surface area contributed by atoms with Crippen LogP contribution in [-0.4, -0.2) is 27.0 Å². The van der Waals surface area contributed by atoms with Gasteiger partial charge in [-0.05, 0) is 71.8 Å². The molecule has 0 heterocycles. The Balaban J connectivity index is 1.62. The fraction of sp³-hybridized carbons (Fsp3) is 0. The number of hydrogen-bond acceptors (Lipinski definition) is 8. The van der Waals surface area contributed by atoms with Crippen molar-refractivity contribution in [2.24, 2.45) is 0 Å². The first kappa shape index (κ1) is 24.5. The summed E-state index contributed by atoms with van der Waals surface area (Å²) in [5.41, 5.74) is 1.48. The van der Waals surface area contributed by atoms with E-state index < -0.39 is 31.2 Å². The predicted octanol–water partition coefficient (Wildman–Crippen LogP) is 4.17. The Morgan fingerprint density at radius 2 is 0.861 bits per heavy atom. The van der Waals surface area contributed by atoms with Gasteiger partial charge in [0.1, 0.15) is 21.3 Å². The molecule has 0 saturated carbocycles. The van der Waals surface area contributed by atoms with E-state index in [-0.39, 0.29) is 30.7 Å². The zero-order valence-corrected chi connectivity index (χ0v) is 20.0. The third kappa shape index (κ3) is 4.39. The summed E-state index contributed by atoms with van der Waals surface area (Å²) in [7, 11) is -8.08. The number of hydrogen-bond donors (Lipinski definition) is 2. The van der Waals surface area contributed by atoms with E-state index in [4.69, 9.17) is 10.5 Å². The molecule has 0 amide bonds. The molecule has 0 radical (unpaired) electrons. The number of aromatic hydroxyl groups is 2. The number of benzene rings is 4. The Kier molecular flexibility index (Phi) is 6.25. The van der Waals surface area contributed by atoms with Gasteiger partial charge in [0, 0.05) is 0 Å². The van der Waals surface area contributed by atoms with Crippen molar-refractivity contribution in [2.75, 3.05) is 0 Å². The molecule has 2 N–H and O–H groups in total. The topological polar surface area (TPSA) is 156 Å². The van der Waals surface area contributed by atoms with E-state index in [2.05, 4.69) is 0 Å². The second-order valence-electron chi connectivity index (χ2n) is 7.64. The molecular weight excluding hydrogens is 500 g/mol. The standard InChI is InChI=1S/C26H16N2O6S2/c27-15-17-1-11-25(23(29)13-17)35(31,32)21-7-3-19(4-8-21)20-5-9-22(10-6-20)36(33,34)26-12-2-18(16-28)14-24(26)30/h1-14,29-30H. The van der Waals surface area contributed by atoms with E-state index in [1.54, 1.807) is 24.3 Å². The Labute approximate surface area is 207 Å². The van der Waals surface area contributed by atoms with Gasteiger partial charge in [0.25, 0.3) is 0 Å². The molecule has 0 saturated heterocycles. The van der Waals surface area contributed by atoms with Gasteiger partial charge in [-0.25, -0.2) is 16.8 Å². The molecule has 0 unspecified atom stereocenters. The van der Waals surface area contributed by atoms with Crippen molar-refractivity contribution in [1.82, 2.24) is 0 Å². The molecule has 0 fully saturated rings. The maximum atomic E-state index is 12.9. The number of phenols is 2. The molecule has 178 valence electrons. The van der Waals surface area contributed by atoms with Crippen molar-refractivity contribution in [3.63, 3.8) is 0 Å². The molecule has 0 aromatic heterocycles. The number of sulfone groups is 2. The number of rotatable bonds is 5. The highest BCUT2D eigenvalue weighted by molar-refractivity contribution is 7.92. The van der Waals surface area contributed by atoms with Gasteiger partial charge in [0.05, 0.1) is 33.1 Å². The molecule has 4 aromatic rings. The normalized spacial score (nSPS) is 11.4. The van der Waals surface area contributed by atoms with Gasteiger partial charge in [-0.15, -0.1) is 0 Å². The molecule has 0 aliphatic heterocycles. The van der Waals surface area contributed by atoms with E-state index in [0.29, 0.717) is 11.1 Å². The van der Waals surface area contributed by atoms with E-state index in [0.717, 1.165) is 12.1 Å². The minimum Gasteiger partial charge on any atom is -0.507 e. The van der Waals surface area contributed by atoms with Crippen LogP contribution >= 0.6 is 0 Å². The molecule has 0 spiro atoms. The summed E-state index contributed by atoms with van der Waals surface area (Å²) < 4.78 is 51.6. The van der Waals surface area contributed by atoms with Crippen LogP contribution < -0.4 is 0 Å². The lowest BCUT2D eigenvalue weighted by Gasteiger charge is -2.10. The summed E-state index contributed by atoms with van der Waals surface area (Å²) in [5.74, 6) is -1.05. The van der Waals surface area contributed by atoms with Crippen LogP contribution in [0.2, 0.25) is 0 Å². The lowest BCUT2D eigenvalue weighted by molar-refractivity contribution is 0.457. The van der Waals surface area contributed by atoms with E-state index >= 15 is 0 Å². The molecular formula is C26H16N2O6S2. The average molecular weight is 517 g/mol. The zero-order valence-electron chi connectivity index (χ0n) is 18.3. The monoisotopic (exact) mass is 516 g/mol. The first-order valence-electron chi connectivity index (χ1n) is 10.2. The fourth-order valence-corrected chi connectivity index (χ4v) is 6.19. The molecule has 0 aliphatic carbocycles. The molecule has 0 aliphatic rings. The predicted molar refractivity (Wildman–Crippen MR) is 128 cm³/mol.